The van der Waals surface area contributed by atoms with Crippen LogP contribution in [-0.4, -0.2) is 29.2 Å². The van der Waals surface area contributed by atoms with Crippen molar-refractivity contribution in [2.24, 2.45) is 4.99 Å². The number of nitrogens with zero attached hydrogens (tertiary/aromatic N) is 2. The van der Waals surface area contributed by atoms with Crippen LogP contribution in [-0.2, 0) is 19.1 Å². The zero-order valence-corrected chi connectivity index (χ0v) is 5.55. The Kier molecular flexibility index (Phi) is 1.79. The first-order valence-corrected chi connectivity index (χ1v) is 2.73. The molecule has 1 N–H and O–H groups in total. The summed E-state index contributed by atoms with van der Waals surface area (Å²) in [6.45, 7) is 0. The van der Waals surface area contributed by atoms with Gasteiger partial charge < -0.3 is 9.84 Å². The maximum Gasteiger partial charge on any atom is 0.373 e. The molecule has 0 aromatic carbocycles. The Balaban J connectivity index is 2.76. The minimum Gasteiger partial charge on any atom is -0.479 e. The van der Waals surface area contributed by atoms with E-state index in [1.54, 1.807) is 0 Å². The summed E-state index contributed by atoms with van der Waals surface area (Å²) in [6.07, 6.45) is 0.826. The van der Waals surface area contributed by atoms with Crippen LogP contribution in [0.5, 0.6) is 0 Å². The first-order valence-electron chi connectivity index (χ1n) is 2.73. The summed E-state index contributed by atoms with van der Waals surface area (Å²) in [6, 6.07) is 0. The van der Waals surface area contributed by atoms with Gasteiger partial charge in [0.1, 0.15) is 0 Å². The van der Waals surface area contributed by atoms with Crippen LogP contribution in [0.15, 0.2) is 4.99 Å². The second-order valence-corrected chi connectivity index (χ2v) is 1.86. The van der Waals surface area contributed by atoms with E-state index in [4.69, 9.17) is 10.4 Å². The summed E-state index contributed by atoms with van der Waals surface area (Å²) < 4.78 is 8.50. The second-order valence-electron chi connectivity index (χ2n) is 1.86. The topological polar surface area (TPSA) is 112 Å². The number of carbonyl (C=O) groups is 1. The lowest BCUT2D eigenvalue weighted by Gasteiger charge is -1.96. The fourth-order valence-corrected chi connectivity index (χ4v) is 0.656. The fraction of sp³-hybridized carbons (Fsp3) is 0.400. The van der Waals surface area contributed by atoms with Gasteiger partial charge in [0.25, 0.3) is 12.4 Å². The van der Waals surface area contributed by atoms with Crippen molar-refractivity contribution in [1.29, 1.82) is 5.26 Å². The number of carboxylic acids is 1. The van der Waals surface area contributed by atoms with Gasteiger partial charge in [-0.3, -0.25) is 4.74 Å². The summed E-state index contributed by atoms with van der Waals surface area (Å²) in [7, 11) is 0. The molecule has 1 aliphatic rings. The molecule has 0 radical (unpaired) electrons. The van der Waals surface area contributed by atoms with Crippen LogP contribution in [0.1, 0.15) is 0 Å². The Morgan fingerprint density at radius 3 is 2.83 bits per heavy atom. The molecule has 1 rings (SSSR count). The average molecular weight is 170 g/mol. The van der Waals surface area contributed by atoms with E-state index in [0.717, 1.165) is 6.08 Å². The van der Waals surface area contributed by atoms with Crippen LogP contribution >= 0.6 is 0 Å². The molecule has 1 saturated heterocycles. The highest BCUT2D eigenvalue weighted by Crippen LogP contribution is 2.38. The molecule has 0 aromatic heterocycles. The number of aliphatic imine (C=N–C) groups is 1. The third-order valence-electron chi connectivity index (χ3n) is 1.18. The Hall–Kier alpha value is -1.90. The number of ether oxygens (including phenoxy) is 2. The van der Waals surface area contributed by atoms with Crippen LogP contribution in [0.3, 0.4) is 0 Å². The van der Waals surface area contributed by atoms with Crippen molar-refractivity contribution < 1.29 is 24.2 Å². The predicted molar refractivity (Wildman–Crippen MR) is 30.1 cm³/mol. The molecule has 7 heteroatoms. The van der Waals surface area contributed by atoms with Crippen molar-refractivity contribution in [3.05, 3.63) is 0 Å². The fourth-order valence-electron chi connectivity index (χ4n) is 0.656. The Bertz CT molecular complexity index is 301. The van der Waals surface area contributed by atoms with Gasteiger partial charge in [-0.05, 0) is 0 Å². The Morgan fingerprint density at radius 2 is 2.50 bits per heavy atom. The summed E-state index contributed by atoms with van der Waals surface area (Å²) in [5, 5.41) is 16.4. The number of aliphatic carboxylic acids is 1. The van der Waals surface area contributed by atoms with Crippen LogP contribution in [0.4, 0.5) is 0 Å². The zero-order chi connectivity index (χ0) is 9.19. The largest absolute Gasteiger partial charge is 0.479 e. The van der Waals surface area contributed by atoms with Gasteiger partial charge >= 0.3 is 11.9 Å². The number of epoxide rings is 1. The van der Waals surface area contributed by atoms with E-state index >= 15 is 0 Å². The summed E-state index contributed by atoms with van der Waals surface area (Å²) in [5.41, 5.74) is 0. The molecular weight excluding hydrogens is 168 g/mol. The molecule has 2 unspecified atom stereocenters. The lowest BCUT2D eigenvalue weighted by atomic mass is 10.4. The number of nitriles is 1. The third-order valence-corrected chi connectivity index (χ3v) is 1.18. The third kappa shape index (κ3) is 1.12. The predicted octanol–water partition coefficient (Wildman–Crippen LogP) is -1.04. The smallest absolute Gasteiger partial charge is 0.373 e. The molecule has 2 atom stereocenters. The quantitative estimate of drug-likeness (QED) is 0.250. The minimum absolute atomic E-state index is 1.05. The van der Waals surface area contributed by atoms with E-state index in [-0.39, 0.29) is 0 Å². The summed E-state index contributed by atoms with van der Waals surface area (Å²) in [5.74, 6) is -3.33. The van der Waals surface area contributed by atoms with Crippen molar-refractivity contribution >= 4 is 12.0 Å². The Labute approximate surface area is 65.8 Å². The minimum atomic E-state index is -1.97. The van der Waals surface area contributed by atoms with Crippen molar-refractivity contribution in [2.75, 3.05) is 0 Å². The second kappa shape index (κ2) is 2.62. The van der Waals surface area contributed by atoms with Gasteiger partial charge in [0.15, 0.2) is 0 Å². The van der Waals surface area contributed by atoms with Gasteiger partial charge in [-0.25, -0.2) is 9.59 Å². The number of hydrogen-bond acceptors (Lipinski definition) is 6. The molecule has 12 heavy (non-hydrogen) atoms. The molecule has 0 spiro atoms. The van der Waals surface area contributed by atoms with E-state index in [9.17, 15) is 9.59 Å². The average Bonchev–Trinajstić information content (AvgIpc) is 2.65. The number of isocyanates is 1. The van der Waals surface area contributed by atoms with Crippen molar-refractivity contribution in [1.82, 2.24) is 0 Å². The molecule has 0 amide bonds. The SMILES string of the molecule is N#COC1(N=C=O)OC1C(=O)O. The molecule has 62 valence electrons. The molecule has 0 aromatic rings. The summed E-state index contributed by atoms with van der Waals surface area (Å²) >= 11 is 0. The molecule has 0 aliphatic carbocycles. The molecule has 1 aliphatic heterocycles. The van der Waals surface area contributed by atoms with E-state index in [1.165, 1.54) is 6.26 Å². The van der Waals surface area contributed by atoms with Gasteiger partial charge in [-0.15, -0.1) is 4.99 Å². The molecule has 0 bridgehead atoms. The van der Waals surface area contributed by atoms with Crippen LogP contribution in [0, 0.1) is 11.5 Å². The van der Waals surface area contributed by atoms with Crippen molar-refractivity contribution in [3.8, 4) is 6.26 Å². The van der Waals surface area contributed by atoms with Crippen LogP contribution in [0.25, 0.3) is 0 Å². The van der Waals surface area contributed by atoms with Gasteiger partial charge in [0.05, 0.1) is 0 Å². The molecule has 7 nitrogen and oxygen atoms in total. The Morgan fingerprint density at radius 1 is 1.83 bits per heavy atom. The van der Waals surface area contributed by atoms with E-state index in [1.807, 2.05) is 0 Å². The zero-order valence-electron chi connectivity index (χ0n) is 5.55. The highest BCUT2D eigenvalue weighted by atomic mass is 16.8. The monoisotopic (exact) mass is 170 g/mol. The van der Waals surface area contributed by atoms with Crippen LogP contribution in [0.2, 0.25) is 0 Å². The highest BCUT2D eigenvalue weighted by molar-refractivity contribution is 5.76. The van der Waals surface area contributed by atoms with Gasteiger partial charge in [0.2, 0.25) is 6.08 Å². The van der Waals surface area contributed by atoms with E-state index < -0.39 is 18.0 Å². The van der Waals surface area contributed by atoms with Gasteiger partial charge in [-0.1, -0.05) is 0 Å². The van der Waals surface area contributed by atoms with Crippen LogP contribution < -0.4 is 0 Å². The first-order chi connectivity index (χ1) is 5.66. The van der Waals surface area contributed by atoms with Crippen molar-refractivity contribution in [2.45, 2.75) is 12.0 Å². The van der Waals surface area contributed by atoms with E-state index in [2.05, 4.69) is 14.5 Å². The number of carbonyl (C=O) groups excluding carboxylic acids is 1. The van der Waals surface area contributed by atoms with E-state index in [0.29, 0.717) is 0 Å². The maximum atomic E-state index is 10.2. The van der Waals surface area contributed by atoms with Gasteiger partial charge in [0, 0.05) is 0 Å². The lowest BCUT2D eigenvalue weighted by molar-refractivity contribution is -0.138. The number of carboxylic acid groups (broad SMARTS) is 1. The highest BCUT2D eigenvalue weighted by Gasteiger charge is 2.67. The summed E-state index contributed by atoms with van der Waals surface area (Å²) in [4.78, 5) is 22.9. The molecule has 1 heterocycles. The number of hydrogen-bond donors (Lipinski definition) is 1. The van der Waals surface area contributed by atoms with Gasteiger partial charge in [-0.2, -0.15) is 5.26 Å². The lowest BCUT2D eigenvalue weighted by Crippen LogP contribution is -2.20. The first kappa shape index (κ1) is 8.20. The normalized spacial score (nSPS) is 31.1. The standard InChI is InChI=1S/C5H2N2O5/c6-1-11-5(7-2-8)3(12-5)4(9)10/h3H,(H,9,10). The molecule has 1 fully saturated rings. The number of rotatable bonds is 3. The molecule has 0 saturated carbocycles. The molecular formula is C5H2N2O5. The van der Waals surface area contributed by atoms with Crippen molar-refractivity contribution in [3.63, 3.8) is 0 Å². The maximum absolute atomic E-state index is 10.2.